The molecule has 0 radical (unpaired) electrons. The van der Waals surface area contributed by atoms with E-state index >= 15 is 0 Å². The second-order valence-corrected chi connectivity index (χ2v) is 5.39. The number of rotatable bonds is 4. The number of hydrogen-bond acceptors (Lipinski definition) is 5. The number of hydrogen-bond donors (Lipinski definition) is 2. The molecule has 3 rings (SSSR count). The number of carbonyl (C=O) groups excluding carboxylic acids is 1. The lowest BCUT2D eigenvalue weighted by Gasteiger charge is -2.12. The van der Waals surface area contributed by atoms with Crippen LogP contribution in [0, 0.1) is 0 Å². The first-order valence-electron chi connectivity index (χ1n) is 7.75. The minimum atomic E-state index is -0.709. The van der Waals surface area contributed by atoms with Crippen LogP contribution in [0.2, 0.25) is 0 Å². The summed E-state index contributed by atoms with van der Waals surface area (Å²) in [5.74, 6) is -0.104. The molecule has 25 heavy (non-hydrogen) atoms. The first kappa shape index (κ1) is 16.6. The minimum absolute atomic E-state index is 0.0268. The van der Waals surface area contributed by atoms with Crippen molar-refractivity contribution in [1.82, 2.24) is 4.98 Å². The minimum Gasteiger partial charge on any atom is -0.508 e. The highest BCUT2D eigenvalue weighted by atomic mass is 16.5. The Kier molecular flexibility index (Phi) is 4.43. The average molecular weight is 339 g/mol. The van der Waals surface area contributed by atoms with Gasteiger partial charge in [-0.05, 0) is 31.2 Å². The lowest BCUT2D eigenvalue weighted by atomic mass is 10.0. The van der Waals surface area contributed by atoms with E-state index in [9.17, 15) is 14.7 Å². The van der Waals surface area contributed by atoms with E-state index in [2.05, 4.69) is 4.98 Å². The van der Waals surface area contributed by atoms with Crippen molar-refractivity contribution in [1.29, 1.82) is 0 Å². The molecule has 6 nitrogen and oxygen atoms in total. The molecule has 1 aromatic heterocycles. The number of ether oxygens (including phenoxy) is 2. The molecule has 6 heteroatoms. The summed E-state index contributed by atoms with van der Waals surface area (Å²) in [4.78, 5) is 28.4. The zero-order valence-corrected chi connectivity index (χ0v) is 13.8. The van der Waals surface area contributed by atoms with Gasteiger partial charge in [-0.1, -0.05) is 12.1 Å². The van der Waals surface area contributed by atoms with Crippen molar-refractivity contribution < 1.29 is 19.4 Å². The molecule has 0 aliphatic carbocycles. The highest BCUT2D eigenvalue weighted by Crippen LogP contribution is 2.27. The Labute approximate surface area is 143 Å². The molecular formula is C19H17NO5. The van der Waals surface area contributed by atoms with Crippen molar-refractivity contribution in [2.24, 2.45) is 0 Å². The zero-order valence-electron chi connectivity index (χ0n) is 13.8. The summed E-state index contributed by atoms with van der Waals surface area (Å²) in [5.41, 5.74) is 0.791. The van der Waals surface area contributed by atoms with Gasteiger partial charge in [0, 0.05) is 17.0 Å². The second-order valence-electron chi connectivity index (χ2n) is 5.39. The largest absolute Gasteiger partial charge is 0.508 e. The number of carbonyl (C=O) groups is 1. The molecule has 0 aliphatic heterocycles. The summed E-state index contributed by atoms with van der Waals surface area (Å²) in [6, 6.07) is 11.2. The van der Waals surface area contributed by atoms with Crippen LogP contribution < -0.4 is 10.2 Å². The molecule has 0 aliphatic rings. The molecule has 128 valence electrons. The van der Waals surface area contributed by atoms with Gasteiger partial charge < -0.3 is 19.6 Å². The molecule has 0 atom stereocenters. The van der Waals surface area contributed by atoms with Gasteiger partial charge in [0.25, 0.3) is 0 Å². The average Bonchev–Trinajstić information content (AvgIpc) is 2.61. The first-order valence-corrected chi connectivity index (χ1v) is 7.75. The van der Waals surface area contributed by atoms with Crippen molar-refractivity contribution in [3.05, 3.63) is 58.3 Å². The Morgan fingerprint density at radius 1 is 1.20 bits per heavy atom. The first-order chi connectivity index (χ1) is 12.0. The summed E-state index contributed by atoms with van der Waals surface area (Å²) < 4.78 is 10.2. The Bertz CT molecular complexity index is 1010. The summed E-state index contributed by atoms with van der Waals surface area (Å²) in [6.45, 7) is 1.82. The lowest BCUT2D eigenvalue weighted by Crippen LogP contribution is -2.20. The molecule has 0 bridgehead atoms. The third-order valence-electron chi connectivity index (χ3n) is 3.82. The molecule has 0 unspecified atom stereocenters. The van der Waals surface area contributed by atoms with Gasteiger partial charge in [-0.2, -0.15) is 0 Å². The number of pyridine rings is 1. The van der Waals surface area contributed by atoms with Crippen LogP contribution in [0.25, 0.3) is 22.2 Å². The number of H-pyrrole nitrogens is 1. The Balaban J connectivity index is 2.36. The standard InChI is InChI=1S/C19H17NO5/c1-3-25-19(23)16-17(11-5-4-6-12(21)9-11)20-15-10-13(24-2)7-8-14(15)18(16)22/h4-10,21H,3H2,1-2H3,(H,20,22). The highest BCUT2D eigenvalue weighted by molar-refractivity contribution is 6.00. The van der Waals surface area contributed by atoms with Gasteiger partial charge in [0.05, 0.1) is 24.9 Å². The molecule has 0 spiro atoms. The Morgan fingerprint density at radius 3 is 2.68 bits per heavy atom. The van der Waals surface area contributed by atoms with E-state index in [0.717, 1.165) is 0 Å². The SMILES string of the molecule is CCOC(=O)c1c(-c2cccc(O)c2)[nH]c2cc(OC)ccc2c1=O. The number of fused-ring (bicyclic) bond motifs is 1. The number of aromatic amines is 1. The molecule has 0 saturated carbocycles. The zero-order chi connectivity index (χ0) is 18.0. The molecule has 2 N–H and O–H groups in total. The van der Waals surface area contributed by atoms with E-state index < -0.39 is 11.4 Å². The molecule has 1 heterocycles. The van der Waals surface area contributed by atoms with Gasteiger partial charge in [-0.3, -0.25) is 4.79 Å². The van der Waals surface area contributed by atoms with E-state index in [1.54, 1.807) is 37.3 Å². The van der Waals surface area contributed by atoms with Crippen molar-refractivity contribution in [3.63, 3.8) is 0 Å². The van der Waals surface area contributed by atoms with Crippen LogP contribution >= 0.6 is 0 Å². The van der Waals surface area contributed by atoms with Crippen molar-refractivity contribution in [3.8, 4) is 22.8 Å². The van der Waals surface area contributed by atoms with Gasteiger partial charge in [-0.15, -0.1) is 0 Å². The van der Waals surface area contributed by atoms with Crippen LogP contribution in [-0.2, 0) is 4.74 Å². The van der Waals surface area contributed by atoms with Crippen molar-refractivity contribution in [2.75, 3.05) is 13.7 Å². The fraction of sp³-hybridized carbons (Fsp3) is 0.158. The summed E-state index contributed by atoms with van der Waals surface area (Å²) in [7, 11) is 1.53. The summed E-state index contributed by atoms with van der Waals surface area (Å²) in [6.07, 6.45) is 0. The van der Waals surface area contributed by atoms with Gasteiger partial charge >= 0.3 is 5.97 Å². The monoisotopic (exact) mass is 339 g/mol. The Hall–Kier alpha value is -3.28. The fourth-order valence-corrected chi connectivity index (χ4v) is 2.67. The van der Waals surface area contributed by atoms with Crippen LogP contribution in [0.4, 0.5) is 0 Å². The van der Waals surface area contributed by atoms with E-state index in [1.165, 1.54) is 19.2 Å². The number of benzene rings is 2. The highest BCUT2D eigenvalue weighted by Gasteiger charge is 2.21. The number of aromatic hydroxyl groups is 1. The molecule has 2 aromatic carbocycles. The predicted molar refractivity (Wildman–Crippen MR) is 94.2 cm³/mol. The van der Waals surface area contributed by atoms with Crippen LogP contribution in [0.1, 0.15) is 17.3 Å². The van der Waals surface area contributed by atoms with Crippen LogP contribution in [-0.4, -0.2) is 29.8 Å². The number of phenols is 1. The van der Waals surface area contributed by atoms with Crippen LogP contribution in [0.5, 0.6) is 11.5 Å². The van der Waals surface area contributed by atoms with Crippen LogP contribution in [0.15, 0.2) is 47.3 Å². The number of nitrogens with one attached hydrogen (secondary N) is 1. The van der Waals surface area contributed by atoms with E-state index in [-0.39, 0.29) is 17.9 Å². The fourth-order valence-electron chi connectivity index (χ4n) is 2.67. The Morgan fingerprint density at radius 2 is 2.00 bits per heavy atom. The molecular weight excluding hydrogens is 322 g/mol. The third kappa shape index (κ3) is 3.06. The normalized spacial score (nSPS) is 10.6. The summed E-state index contributed by atoms with van der Waals surface area (Å²) >= 11 is 0. The maximum Gasteiger partial charge on any atom is 0.344 e. The van der Waals surface area contributed by atoms with Crippen molar-refractivity contribution >= 4 is 16.9 Å². The summed E-state index contributed by atoms with van der Waals surface area (Å²) in [5, 5.41) is 10.1. The lowest BCUT2D eigenvalue weighted by molar-refractivity contribution is 0.0525. The van der Waals surface area contributed by atoms with E-state index in [0.29, 0.717) is 27.9 Å². The number of aromatic nitrogens is 1. The molecule has 0 saturated heterocycles. The van der Waals surface area contributed by atoms with Gasteiger partial charge in [0.2, 0.25) is 5.43 Å². The molecule has 0 amide bonds. The van der Waals surface area contributed by atoms with E-state index in [4.69, 9.17) is 9.47 Å². The molecule has 0 fully saturated rings. The maximum atomic E-state index is 12.9. The van der Waals surface area contributed by atoms with Crippen molar-refractivity contribution in [2.45, 2.75) is 6.92 Å². The number of methoxy groups -OCH3 is 1. The van der Waals surface area contributed by atoms with Gasteiger partial charge in [0.15, 0.2) is 0 Å². The third-order valence-corrected chi connectivity index (χ3v) is 3.82. The topological polar surface area (TPSA) is 88.6 Å². The van der Waals surface area contributed by atoms with Gasteiger partial charge in [0.1, 0.15) is 17.1 Å². The smallest absolute Gasteiger partial charge is 0.344 e. The number of esters is 1. The predicted octanol–water partition coefficient (Wildman–Crippen LogP) is 3.09. The quantitative estimate of drug-likeness (QED) is 0.713. The number of phenolic OH excluding ortho intramolecular Hbond substituents is 1. The maximum absolute atomic E-state index is 12.9. The second kappa shape index (κ2) is 6.68. The van der Waals surface area contributed by atoms with Crippen LogP contribution in [0.3, 0.4) is 0 Å². The molecule has 3 aromatic rings. The van der Waals surface area contributed by atoms with E-state index in [1.807, 2.05) is 0 Å². The van der Waals surface area contributed by atoms with Gasteiger partial charge in [-0.25, -0.2) is 4.79 Å².